The van der Waals surface area contributed by atoms with Crippen molar-refractivity contribution in [1.82, 2.24) is 18.3 Å². The van der Waals surface area contributed by atoms with Gasteiger partial charge in [-0.05, 0) is 66.2 Å². The highest BCUT2D eigenvalue weighted by molar-refractivity contribution is 6.27. The second-order valence-electron chi connectivity index (χ2n) is 16.3. The minimum Gasteiger partial charge on any atom is -0.344 e. The third-order valence-electron chi connectivity index (χ3n) is 13.1. The van der Waals surface area contributed by atoms with Crippen molar-refractivity contribution >= 4 is 87.2 Å². The fourth-order valence-corrected chi connectivity index (χ4v) is 10.5. The van der Waals surface area contributed by atoms with Gasteiger partial charge in [-0.15, -0.1) is 0 Å². The molecule has 4 heterocycles. The van der Waals surface area contributed by atoms with Gasteiger partial charge in [0.25, 0.3) is 0 Å². The Hall–Kier alpha value is -7.97. The van der Waals surface area contributed by atoms with Crippen molar-refractivity contribution in [3.8, 4) is 28.6 Å². The number of fused-ring (bicyclic) bond motifs is 14. The van der Waals surface area contributed by atoms with Crippen LogP contribution in [0.3, 0.4) is 0 Å². The first-order valence-electron chi connectivity index (χ1n) is 20.5. The predicted octanol–water partition coefficient (Wildman–Crippen LogP) is 14.7. The van der Waals surface area contributed by atoms with Crippen molar-refractivity contribution in [1.29, 1.82) is 5.26 Å². The van der Waals surface area contributed by atoms with E-state index in [1.54, 1.807) is 0 Å². The normalized spacial score (nSPS) is 12.7. The summed E-state index contributed by atoms with van der Waals surface area (Å²) >= 11 is 0. The molecule has 0 fully saturated rings. The lowest BCUT2D eigenvalue weighted by Gasteiger charge is -2.22. The summed E-state index contributed by atoms with van der Waals surface area (Å²) in [6.07, 6.45) is -10.3. The van der Waals surface area contributed by atoms with Gasteiger partial charge >= 0.3 is 12.4 Å². The lowest BCUT2D eigenvalue weighted by Crippen LogP contribution is -2.15. The van der Waals surface area contributed by atoms with E-state index in [4.69, 9.17) is 0 Å². The monoisotopic (exact) mass is 851 g/mol. The van der Waals surface area contributed by atoms with Gasteiger partial charge in [0.1, 0.15) is 11.6 Å². The van der Waals surface area contributed by atoms with Crippen molar-refractivity contribution in [3.05, 3.63) is 168 Å². The molecule has 0 amide bonds. The summed E-state index contributed by atoms with van der Waals surface area (Å²) in [6, 6.07) is 46.0. The summed E-state index contributed by atoms with van der Waals surface area (Å²) < 4.78 is 99.3. The van der Waals surface area contributed by atoms with Gasteiger partial charge in [0.05, 0.1) is 55.6 Å². The Kier molecular flexibility index (Phi) is 7.69. The van der Waals surface area contributed by atoms with Gasteiger partial charge in [0, 0.05) is 73.8 Å². The Morgan fingerprint density at radius 1 is 0.422 bits per heavy atom. The van der Waals surface area contributed by atoms with Crippen molar-refractivity contribution in [3.63, 3.8) is 0 Å². The highest BCUT2D eigenvalue weighted by atomic mass is 19.4. The molecule has 310 valence electrons. The molecule has 64 heavy (non-hydrogen) atoms. The van der Waals surface area contributed by atoms with Crippen LogP contribution >= 0.6 is 0 Å². The van der Waals surface area contributed by atoms with Crippen molar-refractivity contribution in [2.45, 2.75) is 12.4 Å². The molecule has 12 rings (SSSR count). The molecule has 0 aliphatic carbocycles. The highest BCUT2D eigenvalue weighted by Crippen LogP contribution is 2.49. The number of nitriles is 1. The first-order valence-corrected chi connectivity index (χ1v) is 20.5. The highest BCUT2D eigenvalue weighted by Gasteiger charge is 2.41. The van der Waals surface area contributed by atoms with E-state index < -0.39 is 29.0 Å². The maximum absolute atomic E-state index is 15.2. The van der Waals surface area contributed by atoms with Gasteiger partial charge in [-0.3, -0.25) is 0 Å². The van der Waals surface area contributed by atoms with E-state index in [1.807, 2.05) is 145 Å². The van der Waals surface area contributed by atoms with Crippen LogP contribution in [0.15, 0.2) is 152 Å². The largest absolute Gasteiger partial charge is 0.417 e. The van der Waals surface area contributed by atoms with Crippen LogP contribution in [0.2, 0.25) is 0 Å². The van der Waals surface area contributed by atoms with Gasteiger partial charge in [-0.2, -0.15) is 31.6 Å². The summed E-state index contributed by atoms with van der Waals surface area (Å²) in [6.45, 7) is 0. The third kappa shape index (κ3) is 5.02. The zero-order valence-electron chi connectivity index (χ0n) is 33.9. The van der Waals surface area contributed by atoms with Gasteiger partial charge in [0.2, 0.25) is 0 Å². The first-order chi connectivity index (χ1) is 30.9. The van der Waals surface area contributed by atoms with Crippen LogP contribution in [0, 0.1) is 11.3 Å². The van der Waals surface area contributed by atoms with Gasteiger partial charge in [0.15, 0.2) is 0 Å². The number of halogens is 6. The molecule has 0 N–H and O–H groups in total. The molecular formula is C53H31F6N5. The molecule has 0 bridgehead atoms. The minimum absolute atomic E-state index is 0.0570. The minimum atomic E-state index is -5.17. The number of rotatable bonds is 3. The second kappa shape index (κ2) is 13.0. The number of hydrogen-bond acceptors (Lipinski definition) is 1. The molecule has 8 aromatic carbocycles. The average Bonchev–Trinajstić information content (AvgIpc) is 4.00. The maximum atomic E-state index is 15.2. The number of benzene rings is 8. The van der Waals surface area contributed by atoms with Crippen LogP contribution in [0.5, 0.6) is 0 Å². The summed E-state index contributed by atoms with van der Waals surface area (Å²) in [5.74, 6) is 0. The Labute approximate surface area is 359 Å². The fraction of sp³-hybridized carbons (Fsp3) is 0.0755. The zero-order valence-corrected chi connectivity index (χ0v) is 33.9. The predicted molar refractivity (Wildman–Crippen MR) is 243 cm³/mol. The lowest BCUT2D eigenvalue weighted by atomic mass is 9.91. The van der Waals surface area contributed by atoms with Crippen molar-refractivity contribution in [2.75, 3.05) is 0 Å². The average molecular weight is 852 g/mol. The van der Waals surface area contributed by atoms with Crippen molar-refractivity contribution in [2.24, 2.45) is 14.1 Å². The van der Waals surface area contributed by atoms with E-state index in [2.05, 4.69) is 15.2 Å². The van der Waals surface area contributed by atoms with E-state index in [9.17, 15) is 5.26 Å². The summed E-state index contributed by atoms with van der Waals surface area (Å²) in [5.41, 5.74) is 2.18. The molecule has 0 aliphatic rings. The van der Waals surface area contributed by atoms with Gasteiger partial charge in [-0.1, -0.05) is 91.0 Å². The standard InChI is InChI=1S/C53H31F6N5/c1-61-39-18-7-5-14-34(39)48-43(61)24-22-32-30-12-3-9-20-41(30)63(50(32)48)45-26-29(47-37(52(54,55)56)16-11-17-38(47)53(57,58)59)27-46(36(45)28-60)64-42-21-10-4-13-31(42)33-23-25-44-49(51(33)64)35-15-6-8-19-40(35)62(44)2/h3-27H,1-2H3. The number of alkyl halides is 6. The van der Waals surface area contributed by atoms with Gasteiger partial charge < -0.3 is 18.3 Å². The van der Waals surface area contributed by atoms with Crippen LogP contribution in [-0.2, 0) is 26.4 Å². The topological polar surface area (TPSA) is 43.5 Å². The summed E-state index contributed by atoms with van der Waals surface area (Å²) in [5, 5.41) is 18.3. The molecule has 0 radical (unpaired) electrons. The van der Waals surface area contributed by atoms with Crippen molar-refractivity contribution < 1.29 is 26.3 Å². The molecular weight excluding hydrogens is 821 g/mol. The number of hydrogen-bond donors (Lipinski definition) is 0. The maximum Gasteiger partial charge on any atom is 0.417 e. The molecule has 0 spiro atoms. The quantitative estimate of drug-likeness (QED) is 0.163. The van der Waals surface area contributed by atoms with Crippen LogP contribution in [0.4, 0.5) is 26.3 Å². The molecule has 0 saturated heterocycles. The van der Waals surface area contributed by atoms with E-state index in [1.165, 1.54) is 12.1 Å². The molecule has 12 aromatic rings. The molecule has 4 aromatic heterocycles. The number of para-hydroxylation sites is 4. The van der Waals surface area contributed by atoms with E-state index in [0.717, 1.165) is 71.2 Å². The third-order valence-corrected chi connectivity index (χ3v) is 13.1. The molecule has 0 aliphatic heterocycles. The molecule has 0 saturated carbocycles. The fourth-order valence-electron chi connectivity index (χ4n) is 10.5. The second-order valence-corrected chi connectivity index (χ2v) is 16.3. The zero-order chi connectivity index (χ0) is 44.0. The van der Waals surface area contributed by atoms with Crippen LogP contribution in [-0.4, -0.2) is 18.3 Å². The Morgan fingerprint density at radius 2 is 0.812 bits per heavy atom. The van der Waals surface area contributed by atoms with Crippen LogP contribution in [0.1, 0.15) is 16.7 Å². The summed E-state index contributed by atoms with van der Waals surface area (Å²) in [7, 11) is 3.90. The number of nitrogens with zero attached hydrogens (tertiary/aromatic N) is 5. The lowest BCUT2D eigenvalue weighted by molar-refractivity contribution is -0.142. The molecule has 0 atom stereocenters. The van der Waals surface area contributed by atoms with E-state index in [0.29, 0.717) is 34.2 Å². The first kappa shape index (κ1) is 37.8. The molecule has 0 unspecified atom stereocenters. The summed E-state index contributed by atoms with van der Waals surface area (Å²) in [4.78, 5) is 0. The van der Waals surface area contributed by atoms with Crippen LogP contribution < -0.4 is 0 Å². The smallest absolute Gasteiger partial charge is 0.344 e. The van der Waals surface area contributed by atoms with Crippen LogP contribution in [0.25, 0.3) is 110 Å². The Morgan fingerprint density at radius 3 is 1.22 bits per heavy atom. The van der Waals surface area contributed by atoms with E-state index in [-0.39, 0.29) is 22.5 Å². The molecule has 5 nitrogen and oxygen atoms in total. The van der Waals surface area contributed by atoms with Gasteiger partial charge in [-0.25, -0.2) is 0 Å². The molecule has 11 heteroatoms. The van der Waals surface area contributed by atoms with E-state index >= 15 is 26.3 Å². The number of aromatic nitrogens is 4. The Bertz CT molecular complexity index is 3790. The Balaban J connectivity index is 1.35. The number of aryl methyl sites for hydroxylation is 2. The SMILES string of the molecule is Cn1c2ccccc2c2c1ccc1c3ccccc3n(-c3cc(-c4c(C(F)(F)F)cccc4C(F)(F)F)cc(-n4c5ccccc5c5ccc6c(c7ccccc7n6C)c54)c3C#N)c12.